The van der Waals surface area contributed by atoms with Crippen molar-refractivity contribution in [2.24, 2.45) is 0 Å². The van der Waals surface area contributed by atoms with E-state index in [2.05, 4.69) is 10.3 Å². The molecule has 134 valence electrons. The lowest BCUT2D eigenvalue weighted by atomic mass is 10.3. The van der Waals surface area contributed by atoms with Crippen LogP contribution in [0.5, 0.6) is 5.75 Å². The fourth-order valence-corrected chi connectivity index (χ4v) is 2.85. The van der Waals surface area contributed by atoms with Gasteiger partial charge in [-0.25, -0.2) is 4.98 Å². The van der Waals surface area contributed by atoms with E-state index in [1.165, 1.54) is 28.3 Å². The Hall–Kier alpha value is -3.20. The number of benzene rings is 1. The summed E-state index contributed by atoms with van der Waals surface area (Å²) in [5.74, 6) is 0.247. The van der Waals surface area contributed by atoms with Gasteiger partial charge in [-0.05, 0) is 31.2 Å². The first kappa shape index (κ1) is 17.6. The van der Waals surface area contributed by atoms with Gasteiger partial charge in [0, 0.05) is 29.7 Å². The number of amides is 1. The molecule has 0 fully saturated rings. The van der Waals surface area contributed by atoms with E-state index in [0.29, 0.717) is 23.2 Å². The molecule has 0 atom stereocenters. The van der Waals surface area contributed by atoms with Crippen LogP contribution in [0.15, 0.2) is 57.8 Å². The number of nitrogens with one attached hydrogen (secondary N) is 1. The minimum absolute atomic E-state index is 0.266. The smallest absolute Gasteiger partial charge is 0.320 e. The Kier molecular flexibility index (Phi) is 5.28. The van der Waals surface area contributed by atoms with Gasteiger partial charge in [0.2, 0.25) is 5.91 Å². The predicted octanol–water partition coefficient (Wildman–Crippen LogP) is 1.49. The minimum Gasteiger partial charge on any atom is -0.494 e. The molecule has 8 nitrogen and oxygen atoms in total. The fourth-order valence-electron chi connectivity index (χ4n) is 2.30. The summed E-state index contributed by atoms with van der Waals surface area (Å²) in [6, 6.07) is 6.81. The average molecular weight is 372 g/mol. The maximum atomic E-state index is 12.4. The van der Waals surface area contributed by atoms with Crippen molar-refractivity contribution >= 4 is 22.4 Å². The molecule has 0 aliphatic heterocycles. The maximum Gasteiger partial charge on any atom is 0.320 e. The van der Waals surface area contributed by atoms with Crippen molar-refractivity contribution in [3.8, 4) is 11.4 Å². The Labute approximate surface area is 152 Å². The van der Waals surface area contributed by atoms with Gasteiger partial charge < -0.3 is 10.1 Å². The molecule has 3 aromatic rings. The van der Waals surface area contributed by atoms with Crippen molar-refractivity contribution in [2.75, 3.05) is 11.9 Å². The number of thiazole rings is 1. The lowest BCUT2D eigenvalue weighted by Gasteiger charge is -2.09. The Morgan fingerprint density at radius 3 is 2.62 bits per heavy atom. The number of hydrogen-bond acceptors (Lipinski definition) is 6. The molecule has 0 saturated heterocycles. The van der Waals surface area contributed by atoms with Crippen LogP contribution in [-0.4, -0.2) is 26.6 Å². The van der Waals surface area contributed by atoms with Crippen molar-refractivity contribution in [1.29, 1.82) is 0 Å². The highest BCUT2D eigenvalue weighted by molar-refractivity contribution is 7.13. The van der Waals surface area contributed by atoms with Gasteiger partial charge in [0.1, 0.15) is 12.3 Å². The molecule has 0 aliphatic carbocycles. The van der Waals surface area contributed by atoms with Gasteiger partial charge in [-0.3, -0.25) is 23.5 Å². The molecular weight excluding hydrogens is 356 g/mol. The molecule has 1 N–H and O–H groups in total. The number of nitrogens with zero attached hydrogens (tertiary/aromatic N) is 3. The van der Waals surface area contributed by atoms with Crippen LogP contribution in [0.3, 0.4) is 0 Å². The van der Waals surface area contributed by atoms with Gasteiger partial charge in [0.05, 0.1) is 6.61 Å². The Morgan fingerprint density at radius 2 is 1.96 bits per heavy atom. The largest absolute Gasteiger partial charge is 0.494 e. The molecule has 0 bridgehead atoms. The summed E-state index contributed by atoms with van der Waals surface area (Å²) in [6.45, 7) is 2.15. The van der Waals surface area contributed by atoms with Crippen LogP contribution in [0, 0.1) is 0 Å². The van der Waals surface area contributed by atoms with E-state index >= 15 is 0 Å². The topological polar surface area (TPSA) is 95.2 Å². The van der Waals surface area contributed by atoms with Crippen LogP contribution < -0.4 is 21.2 Å². The van der Waals surface area contributed by atoms with Crippen molar-refractivity contribution in [1.82, 2.24) is 14.1 Å². The Bertz CT molecular complexity index is 1010. The molecule has 1 amide bonds. The summed E-state index contributed by atoms with van der Waals surface area (Å²) >= 11 is 1.27. The van der Waals surface area contributed by atoms with E-state index in [0.717, 1.165) is 4.57 Å². The summed E-state index contributed by atoms with van der Waals surface area (Å²) in [5.41, 5.74) is -0.982. The van der Waals surface area contributed by atoms with E-state index < -0.39 is 17.0 Å². The quantitative estimate of drug-likeness (QED) is 0.662. The van der Waals surface area contributed by atoms with E-state index in [9.17, 15) is 14.4 Å². The summed E-state index contributed by atoms with van der Waals surface area (Å²) in [4.78, 5) is 40.5. The van der Waals surface area contributed by atoms with Gasteiger partial charge in [-0.15, -0.1) is 11.3 Å². The van der Waals surface area contributed by atoms with E-state index in [-0.39, 0.29) is 6.54 Å². The zero-order valence-corrected chi connectivity index (χ0v) is 14.7. The Morgan fingerprint density at radius 1 is 1.19 bits per heavy atom. The molecule has 3 rings (SSSR count). The molecule has 0 unspecified atom stereocenters. The lowest BCUT2D eigenvalue weighted by Crippen LogP contribution is -2.41. The first-order chi connectivity index (χ1) is 12.6. The molecule has 2 aromatic heterocycles. The van der Waals surface area contributed by atoms with Gasteiger partial charge in [-0.2, -0.15) is 0 Å². The van der Waals surface area contributed by atoms with Gasteiger partial charge in [0.15, 0.2) is 5.13 Å². The summed E-state index contributed by atoms with van der Waals surface area (Å²) < 4.78 is 7.65. The van der Waals surface area contributed by atoms with Crippen LogP contribution in [0.1, 0.15) is 6.92 Å². The van der Waals surface area contributed by atoms with Crippen molar-refractivity contribution in [2.45, 2.75) is 13.5 Å². The molecule has 0 spiro atoms. The standard InChI is InChI=1S/C17H16N4O4S/c1-2-25-13-5-3-12(4-6-13)21-9-8-20(15(23)16(21)24)11-14(22)19-17-18-7-10-26-17/h3-10H,2,11H2,1H3,(H,18,19,22). The number of carbonyl (C=O) groups excluding carboxylic acids is 1. The van der Waals surface area contributed by atoms with Crippen LogP contribution in [0.2, 0.25) is 0 Å². The first-order valence-corrected chi connectivity index (χ1v) is 8.71. The maximum absolute atomic E-state index is 12.4. The first-order valence-electron chi connectivity index (χ1n) is 7.83. The highest BCUT2D eigenvalue weighted by Gasteiger charge is 2.11. The SMILES string of the molecule is CCOc1ccc(-n2ccn(CC(=O)Nc3nccs3)c(=O)c2=O)cc1. The lowest BCUT2D eigenvalue weighted by molar-refractivity contribution is -0.116. The number of rotatable bonds is 6. The molecule has 9 heteroatoms. The molecular formula is C17H16N4O4S. The summed E-state index contributed by atoms with van der Waals surface area (Å²) in [5, 5.41) is 4.73. The monoisotopic (exact) mass is 372 g/mol. The van der Waals surface area contributed by atoms with Crippen molar-refractivity contribution < 1.29 is 9.53 Å². The Balaban J connectivity index is 1.81. The van der Waals surface area contributed by atoms with Gasteiger partial charge >= 0.3 is 11.1 Å². The number of anilines is 1. The second-order valence-electron chi connectivity index (χ2n) is 5.22. The second-order valence-corrected chi connectivity index (χ2v) is 6.11. The summed E-state index contributed by atoms with van der Waals surface area (Å²) in [7, 11) is 0. The van der Waals surface area contributed by atoms with E-state index in [1.807, 2.05) is 6.92 Å². The molecule has 0 aliphatic rings. The van der Waals surface area contributed by atoms with Crippen LogP contribution in [-0.2, 0) is 11.3 Å². The zero-order chi connectivity index (χ0) is 18.5. The summed E-state index contributed by atoms with van der Waals surface area (Å²) in [6.07, 6.45) is 4.42. The molecule has 2 heterocycles. The highest BCUT2D eigenvalue weighted by Crippen LogP contribution is 2.14. The van der Waals surface area contributed by atoms with E-state index in [4.69, 9.17) is 4.74 Å². The number of aromatic nitrogens is 3. The molecule has 0 saturated carbocycles. The number of hydrogen-bond donors (Lipinski definition) is 1. The third kappa shape index (κ3) is 3.89. The third-order valence-electron chi connectivity index (χ3n) is 3.48. The number of carbonyl (C=O) groups is 1. The van der Waals surface area contributed by atoms with Gasteiger partial charge in [0.25, 0.3) is 0 Å². The normalized spacial score (nSPS) is 10.5. The van der Waals surface area contributed by atoms with Crippen molar-refractivity contribution in [3.05, 3.63) is 68.9 Å². The molecule has 26 heavy (non-hydrogen) atoms. The second kappa shape index (κ2) is 7.79. The highest BCUT2D eigenvalue weighted by atomic mass is 32.1. The predicted molar refractivity (Wildman–Crippen MR) is 98.2 cm³/mol. The van der Waals surface area contributed by atoms with Crippen LogP contribution in [0.25, 0.3) is 5.69 Å². The van der Waals surface area contributed by atoms with Crippen LogP contribution in [0.4, 0.5) is 5.13 Å². The zero-order valence-electron chi connectivity index (χ0n) is 13.9. The molecule has 1 aromatic carbocycles. The fraction of sp³-hybridized carbons (Fsp3) is 0.176. The average Bonchev–Trinajstić information content (AvgIpc) is 3.13. The minimum atomic E-state index is -0.782. The number of ether oxygens (including phenoxy) is 1. The van der Waals surface area contributed by atoms with E-state index in [1.54, 1.807) is 35.8 Å². The van der Waals surface area contributed by atoms with Crippen LogP contribution >= 0.6 is 11.3 Å². The van der Waals surface area contributed by atoms with Gasteiger partial charge in [-0.1, -0.05) is 0 Å². The van der Waals surface area contributed by atoms with Crippen molar-refractivity contribution in [3.63, 3.8) is 0 Å². The molecule has 0 radical (unpaired) electrons. The third-order valence-corrected chi connectivity index (χ3v) is 4.17.